The Morgan fingerprint density at radius 3 is 2.48 bits per heavy atom. The van der Waals surface area contributed by atoms with Crippen LogP contribution in [0.3, 0.4) is 0 Å². The summed E-state index contributed by atoms with van der Waals surface area (Å²) >= 11 is 0. The summed E-state index contributed by atoms with van der Waals surface area (Å²) in [4.78, 5) is 67.8. The summed E-state index contributed by atoms with van der Waals surface area (Å²) in [6.45, 7) is 0. The molecule has 0 heterocycles. The lowest BCUT2D eigenvalue weighted by atomic mass is 9.52. The number of rotatable bonds is 6. The average molecular weight is 549 g/mol. The summed E-state index contributed by atoms with van der Waals surface area (Å²) in [6.07, 6.45) is 1.46. The highest BCUT2D eigenvalue weighted by Gasteiger charge is 2.69. The van der Waals surface area contributed by atoms with E-state index in [4.69, 9.17) is 10.5 Å². The highest BCUT2D eigenvalue weighted by Crippen LogP contribution is 2.51. The molecule has 210 valence electrons. The Morgan fingerprint density at radius 2 is 1.82 bits per heavy atom. The van der Waals surface area contributed by atoms with E-state index in [9.17, 15) is 34.2 Å². The zero-order valence-electron chi connectivity index (χ0n) is 22.5. The number of fused-ring (bicyclic) bond motifs is 3. The van der Waals surface area contributed by atoms with E-state index in [1.54, 1.807) is 27.3 Å². The second kappa shape index (κ2) is 9.94. The van der Waals surface area contributed by atoms with Crippen LogP contribution in [0.1, 0.15) is 33.5 Å². The average Bonchev–Trinajstić information content (AvgIpc) is 2.90. The number of nitrogens with two attached hydrogens (primary N) is 1. The van der Waals surface area contributed by atoms with Gasteiger partial charge in [-0.15, -0.1) is 0 Å². The van der Waals surface area contributed by atoms with Gasteiger partial charge in [0.2, 0.25) is 5.91 Å². The lowest BCUT2D eigenvalue weighted by molar-refractivity contribution is -0.181. The van der Waals surface area contributed by atoms with Crippen molar-refractivity contribution in [2.75, 3.05) is 21.2 Å². The van der Waals surface area contributed by atoms with Crippen molar-refractivity contribution in [1.82, 2.24) is 4.90 Å². The molecule has 1 amide bonds. The Balaban J connectivity index is 1.54. The van der Waals surface area contributed by atoms with Crippen LogP contribution >= 0.6 is 0 Å². The van der Waals surface area contributed by atoms with E-state index in [0.717, 1.165) is 16.9 Å². The van der Waals surface area contributed by atoms with E-state index >= 15 is 0 Å². The minimum atomic E-state index is -2.73. The minimum absolute atomic E-state index is 0.00902. The zero-order chi connectivity index (χ0) is 29.1. The van der Waals surface area contributed by atoms with E-state index in [2.05, 4.69) is 0 Å². The Labute approximate surface area is 231 Å². The lowest BCUT2D eigenvalue weighted by Crippen LogP contribution is -2.74. The molecule has 2 unspecified atom stereocenters. The van der Waals surface area contributed by atoms with Crippen molar-refractivity contribution in [3.05, 3.63) is 58.7 Å². The number of hydrogen-bond donors (Lipinski definition) is 3. The number of aliphatic hydroxyl groups is 1. The quantitative estimate of drug-likeness (QED) is 0.440. The fourth-order valence-electron chi connectivity index (χ4n) is 7.01. The number of nitrogens with zero attached hydrogens (tertiary/aromatic N) is 1. The summed E-state index contributed by atoms with van der Waals surface area (Å²) in [7, 11) is 4.71. The van der Waals surface area contributed by atoms with Crippen LogP contribution in [0.25, 0.3) is 0 Å². The molecule has 40 heavy (non-hydrogen) atoms. The van der Waals surface area contributed by atoms with E-state index in [1.165, 1.54) is 11.0 Å². The number of benzene rings is 2. The number of amides is 1. The number of Topliss-reactive ketones (excluding diaryl/α,β-unsaturated/α-hetero) is 4. The van der Waals surface area contributed by atoms with Gasteiger partial charge < -0.3 is 20.7 Å². The highest BCUT2D eigenvalue weighted by molar-refractivity contribution is 6.32. The number of phenols is 1. The van der Waals surface area contributed by atoms with Crippen molar-refractivity contribution in [2.45, 2.75) is 37.3 Å². The van der Waals surface area contributed by atoms with Gasteiger partial charge >= 0.3 is 0 Å². The zero-order valence-corrected chi connectivity index (χ0v) is 22.5. The number of carbonyl (C=O) groups is 5. The first-order chi connectivity index (χ1) is 18.9. The number of carbonyl (C=O) groups excluding carboxylic acids is 5. The minimum Gasteiger partial charge on any atom is -0.507 e. The van der Waals surface area contributed by atoms with Crippen molar-refractivity contribution in [2.24, 2.45) is 29.4 Å². The van der Waals surface area contributed by atoms with Crippen molar-refractivity contribution in [3.8, 4) is 11.5 Å². The summed E-state index contributed by atoms with van der Waals surface area (Å²) in [6, 6.07) is 9.68. The summed E-state index contributed by atoms with van der Waals surface area (Å²) in [5.41, 5.74) is 5.12. The fraction of sp³-hybridized carbons (Fsp3) is 0.433. The molecular formula is C30H32N2O8. The molecule has 2 aromatic rings. The highest BCUT2D eigenvalue weighted by atomic mass is 16.5. The number of aryl methyl sites for hydroxylation is 2. The van der Waals surface area contributed by atoms with Crippen LogP contribution in [0.4, 0.5) is 0 Å². The molecule has 0 spiro atoms. The van der Waals surface area contributed by atoms with Gasteiger partial charge in [0.05, 0.1) is 24.6 Å². The first-order valence-electron chi connectivity index (χ1n) is 13.2. The molecule has 0 aliphatic heterocycles. The maximum atomic E-state index is 13.9. The molecule has 10 heteroatoms. The molecule has 0 radical (unpaired) electrons. The van der Waals surface area contributed by atoms with Crippen LogP contribution in [0, 0.1) is 23.7 Å². The molecule has 10 nitrogen and oxygen atoms in total. The number of methoxy groups -OCH3 is 1. The molecule has 0 saturated heterocycles. The summed E-state index contributed by atoms with van der Waals surface area (Å²) < 4.78 is 5.30. The number of aromatic hydroxyl groups is 1. The Bertz CT molecular complexity index is 1450. The standard InChI is InChI=1S/C30H32N2O8/c1-32(2)24-19-13-16-12-18-15(8-7-14-5-4-6-17(11-14)40-3)9-10-20(33)22(18)25(34)21(16)27(36)30(19,39)28(37)23(26(24)35)29(31)38/h4-6,9-11,16,19,21,23-24,33,39H,7-8,12-13H2,1-3H3,(H2,31,38)/t16-,19-,21?,23?,24-,30-/m1/s1. The molecule has 2 aromatic carbocycles. The van der Waals surface area contributed by atoms with Gasteiger partial charge in [0.25, 0.3) is 0 Å². The van der Waals surface area contributed by atoms with Gasteiger partial charge in [-0.2, -0.15) is 0 Å². The summed E-state index contributed by atoms with van der Waals surface area (Å²) in [5, 5.41) is 22.4. The van der Waals surface area contributed by atoms with Gasteiger partial charge in [0.1, 0.15) is 11.5 Å². The number of likely N-dealkylation sites (N-methyl/N-ethyl adjacent to an activating group) is 1. The van der Waals surface area contributed by atoms with Crippen LogP contribution < -0.4 is 10.5 Å². The van der Waals surface area contributed by atoms with Gasteiger partial charge in [-0.1, -0.05) is 18.2 Å². The molecule has 2 saturated carbocycles. The summed E-state index contributed by atoms with van der Waals surface area (Å²) in [5.74, 6) is -9.71. The Kier molecular flexibility index (Phi) is 6.87. The molecule has 0 aromatic heterocycles. The van der Waals surface area contributed by atoms with Gasteiger partial charge in [0, 0.05) is 5.92 Å². The number of ether oxygens (including phenoxy) is 1. The predicted octanol–water partition coefficient (Wildman–Crippen LogP) is 0.661. The number of primary amides is 1. The van der Waals surface area contributed by atoms with Crippen LogP contribution in [-0.4, -0.2) is 77.0 Å². The smallest absolute Gasteiger partial charge is 0.235 e. The van der Waals surface area contributed by atoms with Crippen molar-refractivity contribution >= 4 is 29.0 Å². The molecule has 2 fully saturated rings. The maximum absolute atomic E-state index is 13.9. The third-order valence-electron chi connectivity index (χ3n) is 8.86. The van der Waals surface area contributed by atoms with Gasteiger partial charge in [-0.05, 0) is 80.6 Å². The number of ketones is 4. The largest absolute Gasteiger partial charge is 0.507 e. The van der Waals surface area contributed by atoms with E-state index in [-0.39, 0.29) is 24.2 Å². The molecule has 3 aliphatic rings. The molecule has 4 N–H and O–H groups in total. The van der Waals surface area contributed by atoms with Crippen molar-refractivity contribution in [1.29, 1.82) is 0 Å². The molecule has 3 aliphatic carbocycles. The van der Waals surface area contributed by atoms with Crippen LogP contribution in [0.2, 0.25) is 0 Å². The predicted molar refractivity (Wildman–Crippen MR) is 142 cm³/mol. The van der Waals surface area contributed by atoms with Gasteiger partial charge in [-0.3, -0.25) is 28.9 Å². The Hall–Kier alpha value is -3.89. The first-order valence-corrected chi connectivity index (χ1v) is 13.2. The third kappa shape index (κ3) is 4.05. The van der Waals surface area contributed by atoms with E-state index < -0.39 is 64.4 Å². The normalized spacial score (nSPS) is 29.6. The van der Waals surface area contributed by atoms with Crippen molar-refractivity contribution < 1.29 is 38.9 Å². The van der Waals surface area contributed by atoms with Crippen LogP contribution in [-0.2, 0) is 38.4 Å². The monoisotopic (exact) mass is 548 g/mol. The Morgan fingerprint density at radius 1 is 1.10 bits per heavy atom. The van der Waals surface area contributed by atoms with Gasteiger partial charge in [-0.25, -0.2) is 0 Å². The van der Waals surface area contributed by atoms with Gasteiger partial charge in [0.15, 0.2) is 34.7 Å². The topological polar surface area (TPSA) is 164 Å². The fourth-order valence-corrected chi connectivity index (χ4v) is 7.01. The molecule has 0 bridgehead atoms. The van der Waals surface area contributed by atoms with E-state index in [1.807, 2.05) is 24.3 Å². The van der Waals surface area contributed by atoms with Crippen LogP contribution in [0.15, 0.2) is 36.4 Å². The first kappa shape index (κ1) is 27.7. The SMILES string of the molecule is COc1cccc(CCc2ccc(O)c3c2C[C@@H]2C[C@@H]4[C@@H](N(C)C)C(=O)C(C(N)=O)C(=O)[C@]4(O)C(=O)C2C3=O)c1. The number of phenolic OH excluding ortho intramolecular Hbond substituents is 1. The molecule has 6 atom stereocenters. The maximum Gasteiger partial charge on any atom is 0.235 e. The molecule has 5 rings (SSSR count). The van der Waals surface area contributed by atoms with E-state index in [0.29, 0.717) is 18.4 Å². The third-order valence-corrected chi connectivity index (χ3v) is 8.86. The second-order valence-corrected chi connectivity index (χ2v) is 11.2. The second-order valence-electron chi connectivity index (χ2n) is 11.2. The van der Waals surface area contributed by atoms with Crippen LogP contribution in [0.5, 0.6) is 11.5 Å². The lowest BCUT2D eigenvalue weighted by Gasteiger charge is -2.52. The van der Waals surface area contributed by atoms with Crippen molar-refractivity contribution in [3.63, 3.8) is 0 Å². The molecular weight excluding hydrogens is 516 g/mol. The number of hydrogen-bond acceptors (Lipinski definition) is 9.